The number of nitrogens with zero attached hydrogens (tertiary/aromatic N) is 3. The van der Waals surface area contributed by atoms with E-state index in [1.54, 1.807) is 11.5 Å². The summed E-state index contributed by atoms with van der Waals surface area (Å²) in [7, 11) is -1.49. The number of rotatable bonds is 6. The number of amides is 1. The van der Waals surface area contributed by atoms with Gasteiger partial charge in [-0.05, 0) is 31.9 Å². The SMILES string of the molecule is CCn1c(C)nnc1S(=O)CC(=O)NCc1ccccc1C. The molecule has 1 atom stereocenters. The Morgan fingerprint density at radius 3 is 2.68 bits per heavy atom. The van der Waals surface area contributed by atoms with Gasteiger partial charge in [0, 0.05) is 13.1 Å². The lowest BCUT2D eigenvalue weighted by Gasteiger charge is -2.08. The Hall–Kier alpha value is -2.02. The molecule has 0 aliphatic heterocycles. The number of hydrogen-bond acceptors (Lipinski definition) is 4. The maximum absolute atomic E-state index is 12.3. The standard InChI is InChI=1S/C15H20N4O2S/c1-4-19-12(3)17-18-15(19)22(21)10-14(20)16-9-13-8-6-5-7-11(13)2/h5-8H,4,9-10H2,1-3H3,(H,16,20). The molecule has 0 aliphatic carbocycles. The fourth-order valence-corrected chi connectivity index (χ4v) is 3.24. The number of aromatic nitrogens is 3. The molecule has 1 aromatic heterocycles. The fourth-order valence-electron chi connectivity index (χ4n) is 2.13. The molecule has 1 aromatic carbocycles. The van der Waals surface area contributed by atoms with Gasteiger partial charge in [-0.25, -0.2) is 0 Å². The molecule has 0 radical (unpaired) electrons. The highest BCUT2D eigenvalue weighted by atomic mass is 32.2. The Morgan fingerprint density at radius 2 is 2.00 bits per heavy atom. The third-order valence-corrected chi connectivity index (χ3v) is 4.65. The van der Waals surface area contributed by atoms with Crippen LogP contribution in [0.3, 0.4) is 0 Å². The molecule has 2 aromatic rings. The number of carbonyl (C=O) groups excluding carboxylic acids is 1. The van der Waals surface area contributed by atoms with Crippen LogP contribution in [0.25, 0.3) is 0 Å². The first kappa shape index (κ1) is 16.4. The van der Waals surface area contributed by atoms with Gasteiger partial charge in [-0.15, -0.1) is 10.2 Å². The molecule has 1 heterocycles. The van der Waals surface area contributed by atoms with E-state index in [0.29, 0.717) is 24.1 Å². The molecule has 0 spiro atoms. The highest BCUT2D eigenvalue weighted by Crippen LogP contribution is 2.08. The molecule has 0 fully saturated rings. The minimum atomic E-state index is -1.49. The normalized spacial score (nSPS) is 12.1. The van der Waals surface area contributed by atoms with Crippen molar-refractivity contribution in [3.8, 4) is 0 Å². The van der Waals surface area contributed by atoms with Crippen molar-refractivity contribution in [2.45, 2.75) is 39.0 Å². The van der Waals surface area contributed by atoms with Crippen molar-refractivity contribution in [1.29, 1.82) is 0 Å². The average Bonchev–Trinajstić information content (AvgIpc) is 2.87. The van der Waals surface area contributed by atoms with E-state index >= 15 is 0 Å². The molecule has 0 saturated carbocycles. The second-order valence-electron chi connectivity index (χ2n) is 4.97. The number of benzene rings is 1. The molecular weight excluding hydrogens is 300 g/mol. The van der Waals surface area contributed by atoms with E-state index in [1.807, 2.05) is 38.1 Å². The van der Waals surface area contributed by atoms with Gasteiger partial charge in [-0.2, -0.15) is 0 Å². The molecule has 118 valence electrons. The lowest BCUT2D eigenvalue weighted by atomic mass is 10.1. The zero-order valence-corrected chi connectivity index (χ0v) is 13.8. The van der Waals surface area contributed by atoms with E-state index in [-0.39, 0.29) is 11.7 Å². The summed E-state index contributed by atoms with van der Waals surface area (Å²) in [6.07, 6.45) is 0. The van der Waals surface area contributed by atoms with E-state index in [9.17, 15) is 9.00 Å². The minimum Gasteiger partial charge on any atom is -0.351 e. The topological polar surface area (TPSA) is 76.9 Å². The molecule has 7 heteroatoms. The summed E-state index contributed by atoms with van der Waals surface area (Å²) < 4.78 is 14.0. The molecule has 6 nitrogen and oxygen atoms in total. The predicted octanol–water partition coefficient (Wildman–Crippen LogP) is 1.34. The number of nitrogens with one attached hydrogen (secondary N) is 1. The van der Waals surface area contributed by atoms with Crippen LogP contribution in [0.4, 0.5) is 0 Å². The van der Waals surface area contributed by atoms with Gasteiger partial charge in [0.05, 0.1) is 0 Å². The highest BCUT2D eigenvalue weighted by Gasteiger charge is 2.17. The number of hydrogen-bond donors (Lipinski definition) is 1. The lowest BCUT2D eigenvalue weighted by molar-refractivity contribution is -0.118. The van der Waals surface area contributed by atoms with E-state index in [0.717, 1.165) is 11.1 Å². The van der Waals surface area contributed by atoms with Crippen LogP contribution >= 0.6 is 0 Å². The fraction of sp³-hybridized carbons (Fsp3) is 0.400. The summed E-state index contributed by atoms with van der Waals surface area (Å²) >= 11 is 0. The molecular formula is C15H20N4O2S. The molecule has 0 saturated heterocycles. The minimum absolute atomic E-state index is 0.107. The van der Waals surface area contributed by atoms with Crippen LogP contribution < -0.4 is 5.32 Å². The largest absolute Gasteiger partial charge is 0.351 e. The second kappa shape index (κ2) is 7.31. The van der Waals surface area contributed by atoms with Gasteiger partial charge in [-0.1, -0.05) is 24.3 Å². The third kappa shape index (κ3) is 3.79. The maximum Gasteiger partial charge on any atom is 0.233 e. The number of carbonyl (C=O) groups is 1. The first-order valence-corrected chi connectivity index (χ1v) is 8.44. The van der Waals surface area contributed by atoms with E-state index < -0.39 is 10.8 Å². The quantitative estimate of drug-likeness (QED) is 0.871. The Balaban J connectivity index is 1.94. The van der Waals surface area contributed by atoms with Crippen molar-refractivity contribution in [1.82, 2.24) is 20.1 Å². The third-order valence-electron chi connectivity index (χ3n) is 3.42. The zero-order chi connectivity index (χ0) is 16.1. The number of aryl methyl sites for hydroxylation is 2. The molecule has 1 unspecified atom stereocenters. The average molecular weight is 320 g/mol. The van der Waals surface area contributed by atoms with Gasteiger partial charge >= 0.3 is 0 Å². The van der Waals surface area contributed by atoms with Crippen molar-refractivity contribution in [3.63, 3.8) is 0 Å². The summed E-state index contributed by atoms with van der Waals surface area (Å²) in [5.74, 6) is 0.334. The summed E-state index contributed by atoms with van der Waals surface area (Å²) in [4.78, 5) is 12.0. The summed E-state index contributed by atoms with van der Waals surface area (Å²) in [6.45, 7) is 6.78. The van der Waals surface area contributed by atoms with Gasteiger partial charge in [0.1, 0.15) is 22.4 Å². The van der Waals surface area contributed by atoms with Crippen molar-refractivity contribution < 1.29 is 9.00 Å². The van der Waals surface area contributed by atoms with E-state index in [2.05, 4.69) is 15.5 Å². The molecule has 1 amide bonds. The first-order valence-electron chi connectivity index (χ1n) is 7.12. The maximum atomic E-state index is 12.3. The Bertz CT molecular complexity index is 697. The van der Waals surface area contributed by atoms with Gasteiger partial charge in [0.2, 0.25) is 11.1 Å². The van der Waals surface area contributed by atoms with Crippen LogP contribution in [0.5, 0.6) is 0 Å². The molecule has 2 rings (SSSR count). The summed E-state index contributed by atoms with van der Waals surface area (Å²) in [5, 5.41) is 11.0. The van der Waals surface area contributed by atoms with Crippen molar-refractivity contribution in [3.05, 3.63) is 41.2 Å². The molecule has 0 aliphatic rings. The Kier molecular flexibility index (Phi) is 5.43. The monoisotopic (exact) mass is 320 g/mol. The molecule has 0 bridgehead atoms. The second-order valence-corrected chi connectivity index (χ2v) is 6.31. The van der Waals surface area contributed by atoms with Crippen LogP contribution in [0.1, 0.15) is 23.9 Å². The van der Waals surface area contributed by atoms with Crippen LogP contribution in [-0.2, 0) is 28.7 Å². The lowest BCUT2D eigenvalue weighted by Crippen LogP contribution is -2.28. The van der Waals surface area contributed by atoms with Gasteiger partial charge in [0.15, 0.2) is 0 Å². The van der Waals surface area contributed by atoms with Crippen LogP contribution in [0, 0.1) is 13.8 Å². The van der Waals surface area contributed by atoms with Crippen molar-refractivity contribution in [2.24, 2.45) is 0 Å². The van der Waals surface area contributed by atoms with Gasteiger partial charge < -0.3 is 9.88 Å². The smallest absolute Gasteiger partial charge is 0.233 e. The predicted molar refractivity (Wildman–Crippen MR) is 84.7 cm³/mol. The summed E-state index contributed by atoms with van der Waals surface area (Å²) in [5.41, 5.74) is 2.17. The zero-order valence-electron chi connectivity index (χ0n) is 13.0. The van der Waals surface area contributed by atoms with Crippen LogP contribution in [-0.4, -0.2) is 30.6 Å². The van der Waals surface area contributed by atoms with Crippen molar-refractivity contribution in [2.75, 3.05) is 5.75 Å². The Labute approximate surface area is 132 Å². The summed E-state index contributed by atoms with van der Waals surface area (Å²) in [6, 6.07) is 7.84. The van der Waals surface area contributed by atoms with Gasteiger partial charge in [0.25, 0.3) is 0 Å². The van der Waals surface area contributed by atoms with Crippen LogP contribution in [0.2, 0.25) is 0 Å². The molecule has 22 heavy (non-hydrogen) atoms. The molecule has 1 N–H and O–H groups in total. The van der Waals surface area contributed by atoms with Crippen LogP contribution in [0.15, 0.2) is 29.4 Å². The highest BCUT2D eigenvalue weighted by molar-refractivity contribution is 7.85. The van der Waals surface area contributed by atoms with Gasteiger partial charge in [-0.3, -0.25) is 9.00 Å². The first-order chi connectivity index (χ1) is 10.5. The van der Waals surface area contributed by atoms with Crippen molar-refractivity contribution >= 4 is 16.7 Å². The van der Waals surface area contributed by atoms with E-state index in [4.69, 9.17) is 0 Å². The van der Waals surface area contributed by atoms with E-state index in [1.165, 1.54) is 0 Å². The Morgan fingerprint density at radius 1 is 1.27 bits per heavy atom.